The van der Waals surface area contributed by atoms with Gasteiger partial charge >= 0.3 is 6.09 Å². The third kappa shape index (κ3) is 4.09. The minimum Gasteiger partial charge on any atom is -0.472 e. The molecule has 0 bridgehead atoms. The van der Waals surface area contributed by atoms with Gasteiger partial charge in [-0.1, -0.05) is 11.6 Å². The molecule has 2 aliphatic heterocycles. The van der Waals surface area contributed by atoms with Crippen molar-refractivity contribution in [3.63, 3.8) is 0 Å². The van der Waals surface area contributed by atoms with Gasteiger partial charge in [-0.05, 0) is 42.5 Å². The molecule has 0 radical (unpaired) electrons. The molecule has 4 heterocycles. The summed E-state index contributed by atoms with van der Waals surface area (Å²) < 4.78 is 11.2. The lowest BCUT2D eigenvalue weighted by Gasteiger charge is -2.21. The standard InChI is InChI=1S/C22H19ClN4O4S/c23-19-6-5-18(32-19)21(28)25-11-17-12-27(22(29)31-17)16-3-1-15(2-4-16)26-9-8-24-20(26)14-7-10-30-13-14/h1-7,10,13,17H,8-9,11-12H2,(H,25,28)/t17-/m0/s1. The van der Waals surface area contributed by atoms with Gasteiger partial charge in [0, 0.05) is 17.9 Å². The van der Waals surface area contributed by atoms with Gasteiger partial charge in [-0.3, -0.25) is 14.7 Å². The highest BCUT2D eigenvalue weighted by atomic mass is 35.5. The second-order valence-electron chi connectivity index (χ2n) is 7.32. The summed E-state index contributed by atoms with van der Waals surface area (Å²) in [6.45, 7) is 2.08. The van der Waals surface area contributed by atoms with Gasteiger partial charge in [0.25, 0.3) is 5.91 Å². The van der Waals surface area contributed by atoms with Crippen molar-refractivity contribution in [3.8, 4) is 0 Å². The predicted molar refractivity (Wildman–Crippen MR) is 123 cm³/mol. The van der Waals surface area contributed by atoms with Crippen LogP contribution in [-0.2, 0) is 4.74 Å². The van der Waals surface area contributed by atoms with Crippen molar-refractivity contribution in [3.05, 3.63) is 69.8 Å². The molecule has 0 saturated carbocycles. The van der Waals surface area contributed by atoms with Crippen LogP contribution >= 0.6 is 22.9 Å². The summed E-state index contributed by atoms with van der Waals surface area (Å²) in [6.07, 6.45) is 2.45. The molecule has 1 fully saturated rings. The van der Waals surface area contributed by atoms with Crippen molar-refractivity contribution in [2.24, 2.45) is 4.99 Å². The van der Waals surface area contributed by atoms with Crippen LogP contribution in [0.3, 0.4) is 0 Å². The van der Waals surface area contributed by atoms with Gasteiger partial charge in [0.2, 0.25) is 0 Å². The molecule has 2 aliphatic rings. The molecule has 3 aromatic rings. The monoisotopic (exact) mass is 470 g/mol. The Bertz CT molecular complexity index is 1160. The first-order valence-electron chi connectivity index (χ1n) is 10.0. The van der Waals surface area contributed by atoms with Crippen molar-refractivity contribution >= 4 is 52.1 Å². The Morgan fingerprint density at radius 3 is 2.62 bits per heavy atom. The lowest BCUT2D eigenvalue weighted by Crippen LogP contribution is -2.34. The number of carbonyl (C=O) groups excluding carboxylic acids is 2. The van der Waals surface area contributed by atoms with Crippen molar-refractivity contribution in [1.82, 2.24) is 5.32 Å². The smallest absolute Gasteiger partial charge is 0.414 e. The largest absolute Gasteiger partial charge is 0.472 e. The zero-order valence-corrected chi connectivity index (χ0v) is 18.4. The fraction of sp³-hybridized carbons (Fsp3) is 0.227. The molecule has 10 heteroatoms. The summed E-state index contributed by atoms with van der Waals surface area (Å²) >= 11 is 7.08. The highest BCUT2D eigenvalue weighted by molar-refractivity contribution is 7.18. The fourth-order valence-electron chi connectivity index (χ4n) is 3.72. The Labute approximate surface area is 193 Å². The Hall–Kier alpha value is -3.30. The van der Waals surface area contributed by atoms with Crippen LogP contribution in [0.5, 0.6) is 0 Å². The van der Waals surface area contributed by atoms with Crippen LogP contribution in [0.15, 0.2) is 64.4 Å². The first-order valence-corrected chi connectivity index (χ1v) is 11.2. The third-order valence-corrected chi connectivity index (χ3v) is 6.48. The second kappa shape index (κ2) is 8.68. The molecular formula is C22H19ClN4O4S. The van der Waals surface area contributed by atoms with E-state index < -0.39 is 12.2 Å². The Kier molecular flexibility index (Phi) is 5.59. The van der Waals surface area contributed by atoms with Crippen molar-refractivity contribution in [1.29, 1.82) is 0 Å². The molecule has 0 spiro atoms. The van der Waals surface area contributed by atoms with E-state index in [2.05, 4.69) is 15.2 Å². The lowest BCUT2D eigenvalue weighted by atomic mass is 10.2. The van der Waals surface area contributed by atoms with E-state index in [1.165, 1.54) is 11.3 Å². The van der Waals surface area contributed by atoms with Gasteiger partial charge in [-0.25, -0.2) is 4.79 Å². The number of thiophene rings is 1. The van der Waals surface area contributed by atoms with E-state index >= 15 is 0 Å². The number of carbonyl (C=O) groups is 2. The van der Waals surface area contributed by atoms with Crippen LogP contribution in [0, 0.1) is 0 Å². The number of hydrogen-bond acceptors (Lipinski definition) is 7. The number of anilines is 2. The SMILES string of the molecule is O=C(NC[C@H]1CN(c2ccc(N3CCN=C3c3ccoc3)cc2)C(=O)O1)c1ccc(Cl)s1. The third-order valence-electron chi connectivity index (χ3n) is 5.25. The Balaban J connectivity index is 1.21. The topological polar surface area (TPSA) is 87.4 Å². The van der Waals surface area contributed by atoms with Crippen molar-refractivity contribution in [2.75, 3.05) is 36.0 Å². The normalized spacial score (nSPS) is 18.1. The number of nitrogens with zero attached hydrogens (tertiary/aromatic N) is 3. The lowest BCUT2D eigenvalue weighted by molar-refractivity contribution is 0.0920. The van der Waals surface area contributed by atoms with E-state index in [9.17, 15) is 9.59 Å². The van der Waals surface area contributed by atoms with E-state index in [4.69, 9.17) is 20.8 Å². The van der Waals surface area contributed by atoms with E-state index in [0.717, 1.165) is 29.3 Å². The minimum atomic E-state index is -0.432. The number of nitrogens with one attached hydrogen (secondary N) is 1. The molecule has 32 heavy (non-hydrogen) atoms. The Morgan fingerprint density at radius 2 is 1.94 bits per heavy atom. The zero-order valence-electron chi connectivity index (χ0n) is 16.9. The number of cyclic esters (lactones) is 1. The fourth-order valence-corrected chi connectivity index (χ4v) is 4.68. The second-order valence-corrected chi connectivity index (χ2v) is 9.03. The highest BCUT2D eigenvalue weighted by Gasteiger charge is 2.33. The Morgan fingerprint density at radius 1 is 1.16 bits per heavy atom. The van der Waals surface area contributed by atoms with Crippen LogP contribution in [-0.4, -0.2) is 50.1 Å². The molecule has 0 unspecified atom stereocenters. The maximum Gasteiger partial charge on any atom is 0.414 e. The summed E-state index contributed by atoms with van der Waals surface area (Å²) in [5.41, 5.74) is 2.65. The number of furan rings is 1. The molecule has 1 N–H and O–H groups in total. The van der Waals surface area contributed by atoms with Crippen LogP contribution in [0.1, 0.15) is 15.2 Å². The molecule has 1 atom stereocenters. The van der Waals surface area contributed by atoms with Crippen LogP contribution < -0.4 is 15.1 Å². The van der Waals surface area contributed by atoms with Gasteiger partial charge in [0.1, 0.15) is 18.2 Å². The molecular weight excluding hydrogens is 452 g/mol. The summed E-state index contributed by atoms with van der Waals surface area (Å²) in [6, 6.07) is 12.9. The molecule has 1 saturated heterocycles. The molecule has 2 amide bonds. The van der Waals surface area contributed by atoms with Crippen LogP contribution in [0.2, 0.25) is 4.34 Å². The van der Waals surface area contributed by atoms with Gasteiger partial charge < -0.3 is 19.4 Å². The molecule has 164 valence electrons. The number of ether oxygens (including phenoxy) is 1. The van der Waals surface area contributed by atoms with E-state index in [0.29, 0.717) is 22.3 Å². The number of aliphatic imine (C=N–C) groups is 1. The van der Waals surface area contributed by atoms with E-state index in [-0.39, 0.29) is 12.5 Å². The predicted octanol–water partition coefficient (Wildman–Crippen LogP) is 4.02. The van der Waals surface area contributed by atoms with Crippen LogP contribution in [0.25, 0.3) is 0 Å². The van der Waals surface area contributed by atoms with Gasteiger partial charge in [0.15, 0.2) is 0 Å². The number of benzene rings is 1. The van der Waals surface area contributed by atoms with Gasteiger partial charge in [-0.2, -0.15) is 0 Å². The maximum atomic E-state index is 12.4. The zero-order chi connectivity index (χ0) is 22.1. The molecule has 8 nitrogen and oxygen atoms in total. The molecule has 0 aliphatic carbocycles. The number of hydrogen-bond donors (Lipinski definition) is 1. The average molecular weight is 471 g/mol. The molecule has 2 aromatic heterocycles. The number of halogens is 1. The maximum absolute atomic E-state index is 12.4. The van der Waals surface area contributed by atoms with E-state index in [1.54, 1.807) is 29.6 Å². The van der Waals surface area contributed by atoms with Crippen LogP contribution in [0.4, 0.5) is 16.2 Å². The molecule has 5 rings (SSSR count). The highest BCUT2D eigenvalue weighted by Crippen LogP contribution is 2.27. The summed E-state index contributed by atoms with van der Waals surface area (Å²) in [4.78, 5) is 33.4. The number of rotatable bonds is 6. The summed E-state index contributed by atoms with van der Waals surface area (Å²) in [7, 11) is 0. The van der Waals surface area contributed by atoms with E-state index in [1.807, 2.05) is 30.3 Å². The summed E-state index contributed by atoms with van der Waals surface area (Å²) in [5.74, 6) is 0.636. The van der Waals surface area contributed by atoms with Crippen molar-refractivity contribution in [2.45, 2.75) is 6.10 Å². The number of amidine groups is 1. The minimum absolute atomic E-state index is 0.229. The first kappa shape index (κ1) is 20.6. The quantitative estimate of drug-likeness (QED) is 0.588. The molecule has 1 aromatic carbocycles. The van der Waals surface area contributed by atoms with Gasteiger partial charge in [0.05, 0.1) is 40.7 Å². The van der Waals surface area contributed by atoms with Gasteiger partial charge in [-0.15, -0.1) is 11.3 Å². The first-order chi connectivity index (χ1) is 15.6. The number of amides is 2. The van der Waals surface area contributed by atoms with Crippen molar-refractivity contribution < 1.29 is 18.7 Å². The average Bonchev–Trinajstić information content (AvgIpc) is 3.58. The summed E-state index contributed by atoms with van der Waals surface area (Å²) in [5, 5.41) is 2.79.